The molecule has 0 aliphatic rings. The average Bonchev–Trinajstić information content (AvgIpc) is 2.36. The molecule has 0 saturated heterocycles. The third-order valence-electron chi connectivity index (χ3n) is 2.56. The number of fused-ring (bicyclic) bond motifs is 1. The number of hydrogen-bond acceptors (Lipinski definition) is 5. The zero-order valence-electron chi connectivity index (χ0n) is 10.1. The summed E-state index contributed by atoms with van der Waals surface area (Å²) < 4.78 is 0. The molecule has 2 aromatic rings. The van der Waals surface area contributed by atoms with Crippen LogP contribution in [-0.4, -0.2) is 16.7 Å². The maximum atomic E-state index is 10.5. The second-order valence-electron chi connectivity index (χ2n) is 3.94. The number of pyridine rings is 1. The van der Waals surface area contributed by atoms with E-state index in [0.717, 1.165) is 16.5 Å². The number of hydrazone groups is 1. The molecule has 5 nitrogen and oxygen atoms in total. The van der Waals surface area contributed by atoms with E-state index in [2.05, 4.69) is 15.5 Å². The molecular weight excluding hydrogens is 230 g/mol. The number of para-hydroxylation sites is 1. The van der Waals surface area contributed by atoms with Crippen LogP contribution in [0.1, 0.15) is 12.5 Å². The minimum Gasteiger partial charge on any atom is -0.543 e. The van der Waals surface area contributed by atoms with Gasteiger partial charge in [-0.1, -0.05) is 18.2 Å². The van der Waals surface area contributed by atoms with Crippen LogP contribution in [0.25, 0.3) is 10.9 Å². The van der Waals surface area contributed by atoms with E-state index < -0.39 is 5.97 Å². The van der Waals surface area contributed by atoms with E-state index in [1.54, 1.807) is 0 Å². The molecule has 1 heterocycles. The number of anilines is 1. The van der Waals surface area contributed by atoms with Crippen LogP contribution in [0.15, 0.2) is 35.4 Å². The minimum absolute atomic E-state index is 0.123. The molecule has 1 aromatic heterocycles. The third-order valence-corrected chi connectivity index (χ3v) is 2.56. The third kappa shape index (κ3) is 2.45. The van der Waals surface area contributed by atoms with Gasteiger partial charge in [0.1, 0.15) is 5.82 Å². The zero-order valence-corrected chi connectivity index (χ0v) is 10.1. The van der Waals surface area contributed by atoms with E-state index in [4.69, 9.17) is 0 Å². The van der Waals surface area contributed by atoms with Gasteiger partial charge in [0.05, 0.1) is 17.2 Å². The Bertz CT molecular complexity index is 635. The number of nitrogens with one attached hydrogen (secondary N) is 1. The van der Waals surface area contributed by atoms with Gasteiger partial charge in [0.2, 0.25) is 0 Å². The number of aromatic nitrogens is 1. The second-order valence-corrected chi connectivity index (χ2v) is 3.94. The Morgan fingerprint density at radius 1 is 1.39 bits per heavy atom. The van der Waals surface area contributed by atoms with Gasteiger partial charge in [0, 0.05) is 5.39 Å². The fourth-order valence-corrected chi connectivity index (χ4v) is 1.59. The number of nitrogens with zero attached hydrogens (tertiary/aromatic N) is 2. The van der Waals surface area contributed by atoms with Gasteiger partial charge < -0.3 is 9.90 Å². The van der Waals surface area contributed by atoms with Crippen LogP contribution < -0.4 is 10.5 Å². The first-order valence-corrected chi connectivity index (χ1v) is 5.46. The second kappa shape index (κ2) is 4.83. The summed E-state index contributed by atoms with van der Waals surface area (Å²) in [6, 6.07) is 9.53. The number of carboxylic acid groups (broad SMARTS) is 1. The van der Waals surface area contributed by atoms with Crippen LogP contribution >= 0.6 is 0 Å². The van der Waals surface area contributed by atoms with E-state index in [1.165, 1.54) is 6.92 Å². The highest BCUT2D eigenvalue weighted by Gasteiger charge is 2.01. The maximum absolute atomic E-state index is 10.5. The molecule has 2 rings (SSSR count). The highest BCUT2D eigenvalue weighted by Crippen LogP contribution is 2.19. The summed E-state index contributed by atoms with van der Waals surface area (Å²) in [5.74, 6) is -0.799. The average molecular weight is 242 g/mol. The maximum Gasteiger partial charge on any atom is 0.147 e. The van der Waals surface area contributed by atoms with Gasteiger partial charge in [-0.05, 0) is 31.5 Å². The van der Waals surface area contributed by atoms with Crippen LogP contribution in [0.4, 0.5) is 5.82 Å². The molecule has 0 saturated carbocycles. The summed E-state index contributed by atoms with van der Waals surface area (Å²) in [4.78, 5) is 14.8. The van der Waals surface area contributed by atoms with Crippen molar-refractivity contribution < 1.29 is 9.90 Å². The van der Waals surface area contributed by atoms with E-state index >= 15 is 0 Å². The Morgan fingerprint density at radius 2 is 2.11 bits per heavy atom. The molecule has 0 fully saturated rings. The summed E-state index contributed by atoms with van der Waals surface area (Å²) in [6.45, 7) is 3.32. The first-order chi connectivity index (χ1) is 8.58. The van der Waals surface area contributed by atoms with Gasteiger partial charge in [-0.3, -0.25) is 5.43 Å². The fraction of sp³-hybridized carbons (Fsp3) is 0.154. The van der Waals surface area contributed by atoms with Crippen LogP contribution in [0.3, 0.4) is 0 Å². The monoisotopic (exact) mass is 242 g/mol. The number of carbonyl (C=O) groups is 1. The molecule has 0 spiro atoms. The van der Waals surface area contributed by atoms with Crippen LogP contribution in [0.2, 0.25) is 0 Å². The number of carbonyl (C=O) groups excluding carboxylic acids is 1. The van der Waals surface area contributed by atoms with Crippen LogP contribution in [0.5, 0.6) is 0 Å². The highest BCUT2D eigenvalue weighted by atomic mass is 16.4. The molecule has 5 heteroatoms. The number of hydrogen-bond donors (Lipinski definition) is 1. The lowest BCUT2D eigenvalue weighted by Gasteiger charge is -2.06. The summed E-state index contributed by atoms with van der Waals surface area (Å²) in [7, 11) is 0. The van der Waals surface area contributed by atoms with Crippen molar-refractivity contribution in [3.63, 3.8) is 0 Å². The number of rotatable bonds is 3. The smallest absolute Gasteiger partial charge is 0.147 e. The lowest BCUT2D eigenvalue weighted by atomic mass is 10.1. The molecule has 0 aliphatic heterocycles. The molecule has 0 radical (unpaired) electrons. The van der Waals surface area contributed by atoms with Crippen molar-refractivity contribution >= 4 is 28.4 Å². The highest BCUT2D eigenvalue weighted by molar-refractivity contribution is 6.33. The quantitative estimate of drug-likeness (QED) is 0.645. The normalized spacial score (nSPS) is 11.6. The molecule has 0 aliphatic carbocycles. The van der Waals surface area contributed by atoms with Gasteiger partial charge in [-0.15, -0.1) is 0 Å². The molecule has 0 atom stereocenters. The van der Waals surface area contributed by atoms with Gasteiger partial charge in [-0.25, -0.2) is 4.98 Å². The summed E-state index contributed by atoms with van der Waals surface area (Å²) in [6.07, 6.45) is 0. The lowest BCUT2D eigenvalue weighted by molar-refractivity contribution is -0.294. The largest absolute Gasteiger partial charge is 0.543 e. The predicted molar refractivity (Wildman–Crippen MR) is 68.2 cm³/mol. The SMILES string of the molecule is C/C(=N/Nc1cc(C)c2ccccc2n1)C(=O)[O-]. The van der Waals surface area contributed by atoms with Gasteiger partial charge in [0.25, 0.3) is 0 Å². The molecule has 1 N–H and O–H groups in total. The standard InChI is InChI=1S/C13H13N3O2/c1-8-7-12(16-15-9(2)13(17)18)14-11-6-4-3-5-10(8)11/h3-7H,1-2H3,(H,14,16)(H,17,18)/p-1/b15-9-. The van der Waals surface area contributed by atoms with Crippen LogP contribution in [-0.2, 0) is 4.79 Å². The summed E-state index contributed by atoms with van der Waals surface area (Å²) in [5, 5.41) is 15.2. The van der Waals surface area contributed by atoms with Crippen molar-refractivity contribution in [2.45, 2.75) is 13.8 Å². The van der Waals surface area contributed by atoms with Crippen molar-refractivity contribution in [1.29, 1.82) is 0 Å². The Labute approximate surface area is 104 Å². The zero-order chi connectivity index (χ0) is 13.1. The number of aliphatic carboxylic acids is 1. The van der Waals surface area contributed by atoms with Gasteiger partial charge in [-0.2, -0.15) is 5.10 Å². The molecule has 0 unspecified atom stereocenters. The fourth-order valence-electron chi connectivity index (χ4n) is 1.59. The van der Waals surface area contributed by atoms with E-state index in [9.17, 15) is 9.90 Å². The first kappa shape index (κ1) is 12.0. The van der Waals surface area contributed by atoms with Crippen molar-refractivity contribution in [3.8, 4) is 0 Å². The van der Waals surface area contributed by atoms with Crippen molar-refractivity contribution in [1.82, 2.24) is 4.98 Å². The van der Waals surface area contributed by atoms with Gasteiger partial charge in [0.15, 0.2) is 0 Å². The Hall–Kier alpha value is -2.43. The van der Waals surface area contributed by atoms with E-state index in [0.29, 0.717) is 5.82 Å². The number of carboxylic acids is 1. The van der Waals surface area contributed by atoms with Crippen LogP contribution in [0, 0.1) is 6.92 Å². The van der Waals surface area contributed by atoms with Crippen molar-refractivity contribution in [3.05, 3.63) is 35.9 Å². The summed E-state index contributed by atoms with van der Waals surface area (Å²) in [5.41, 5.74) is 4.37. The van der Waals surface area contributed by atoms with E-state index in [1.807, 2.05) is 37.3 Å². The first-order valence-electron chi connectivity index (χ1n) is 5.46. The van der Waals surface area contributed by atoms with Gasteiger partial charge >= 0.3 is 0 Å². The molecule has 18 heavy (non-hydrogen) atoms. The topological polar surface area (TPSA) is 77.4 Å². The molecule has 0 bridgehead atoms. The van der Waals surface area contributed by atoms with Crippen molar-refractivity contribution in [2.24, 2.45) is 5.10 Å². The Morgan fingerprint density at radius 3 is 2.83 bits per heavy atom. The molecule has 1 aromatic carbocycles. The predicted octanol–water partition coefficient (Wildman–Crippen LogP) is 1.08. The van der Waals surface area contributed by atoms with Crippen molar-refractivity contribution in [2.75, 3.05) is 5.43 Å². The summed E-state index contributed by atoms with van der Waals surface area (Å²) >= 11 is 0. The lowest BCUT2D eigenvalue weighted by Crippen LogP contribution is -2.30. The Balaban J connectivity index is 2.36. The number of benzene rings is 1. The number of aryl methyl sites for hydroxylation is 1. The Kier molecular flexibility index (Phi) is 3.23. The minimum atomic E-state index is -1.31. The molecule has 0 amide bonds. The molecular formula is C13H12N3O2-. The molecule has 92 valence electrons. The van der Waals surface area contributed by atoms with E-state index in [-0.39, 0.29) is 5.71 Å².